The summed E-state index contributed by atoms with van der Waals surface area (Å²) in [4.78, 5) is 12.0. The van der Waals surface area contributed by atoms with Crippen molar-refractivity contribution in [2.24, 2.45) is 5.92 Å². The van der Waals surface area contributed by atoms with Gasteiger partial charge in [-0.1, -0.05) is 0 Å². The fraction of sp³-hybridized carbons (Fsp3) is 0.588. The summed E-state index contributed by atoms with van der Waals surface area (Å²) in [7, 11) is -3.20. The van der Waals surface area contributed by atoms with E-state index >= 15 is 0 Å². The average molecular weight is 354 g/mol. The quantitative estimate of drug-likeness (QED) is 0.736. The molecule has 0 aromatic heterocycles. The first-order valence-electron chi connectivity index (χ1n) is 8.35. The van der Waals surface area contributed by atoms with Gasteiger partial charge in [-0.05, 0) is 62.5 Å². The lowest BCUT2D eigenvalue weighted by Crippen LogP contribution is -2.33. The van der Waals surface area contributed by atoms with Crippen LogP contribution in [0.25, 0.3) is 0 Å². The number of hydrogen-bond acceptors (Lipinski definition) is 5. The van der Waals surface area contributed by atoms with Crippen molar-refractivity contribution in [3.8, 4) is 5.75 Å². The second-order valence-corrected chi connectivity index (χ2v) is 8.21. The molecular formula is C17H26N2O4S. The van der Waals surface area contributed by atoms with E-state index in [-0.39, 0.29) is 23.8 Å². The lowest BCUT2D eigenvalue weighted by molar-refractivity contribution is -0.121. The molecule has 1 unspecified atom stereocenters. The Morgan fingerprint density at radius 1 is 1.33 bits per heavy atom. The highest BCUT2D eigenvalue weighted by Gasteiger charge is 2.13. The van der Waals surface area contributed by atoms with Crippen molar-refractivity contribution in [1.82, 2.24) is 10.6 Å². The number of rotatable bonds is 8. The molecule has 0 spiro atoms. The minimum atomic E-state index is -3.20. The van der Waals surface area contributed by atoms with Crippen LogP contribution in [0.1, 0.15) is 25.7 Å². The molecule has 7 heteroatoms. The van der Waals surface area contributed by atoms with Crippen LogP contribution in [0, 0.1) is 5.92 Å². The van der Waals surface area contributed by atoms with Crippen LogP contribution in [0.2, 0.25) is 0 Å². The number of piperidine rings is 1. The van der Waals surface area contributed by atoms with Crippen molar-refractivity contribution in [3.63, 3.8) is 0 Å². The van der Waals surface area contributed by atoms with E-state index in [1.165, 1.54) is 25.0 Å². The first-order valence-corrected chi connectivity index (χ1v) is 10.2. The van der Waals surface area contributed by atoms with Gasteiger partial charge in [0.15, 0.2) is 9.84 Å². The number of benzene rings is 1. The molecule has 1 heterocycles. The Morgan fingerprint density at radius 2 is 2.08 bits per heavy atom. The van der Waals surface area contributed by atoms with Crippen molar-refractivity contribution in [2.75, 3.05) is 32.5 Å². The molecule has 134 valence electrons. The van der Waals surface area contributed by atoms with Crippen molar-refractivity contribution in [2.45, 2.75) is 30.6 Å². The molecule has 1 fully saturated rings. The molecule has 1 aliphatic rings. The fourth-order valence-electron chi connectivity index (χ4n) is 2.72. The third-order valence-corrected chi connectivity index (χ3v) is 5.25. The summed E-state index contributed by atoms with van der Waals surface area (Å²) in [6, 6.07) is 6.21. The second-order valence-electron chi connectivity index (χ2n) is 6.19. The Balaban J connectivity index is 1.61. The topological polar surface area (TPSA) is 84.5 Å². The standard InChI is InChI=1S/C17H26N2O4S/c1-24(21,22)16-6-4-15(5-7-16)23-12-9-17(20)19-11-8-14-3-2-10-18-13-14/h4-7,14,18H,2-3,8-13H2,1H3,(H,19,20). The van der Waals surface area contributed by atoms with Gasteiger partial charge in [0.2, 0.25) is 5.91 Å². The summed E-state index contributed by atoms with van der Waals surface area (Å²) < 4.78 is 28.2. The van der Waals surface area contributed by atoms with Crippen molar-refractivity contribution >= 4 is 15.7 Å². The highest BCUT2D eigenvalue weighted by atomic mass is 32.2. The van der Waals surface area contributed by atoms with Gasteiger partial charge in [-0.15, -0.1) is 0 Å². The largest absolute Gasteiger partial charge is 0.493 e. The van der Waals surface area contributed by atoms with Crippen molar-refractivity contribution in [3.05, 3.63) is 24.3 Å². The number of nitrogens with one attached hydrogen (secondary N) is 2. The van der Waals surface area contributed by atoms with E-state index in [0.29, 0.717) is 18.2 Å². The smallest absolute Gasteiger partial charge is 0.223 e. The van der Waals surface area contributed by atoms with E-state index in [1.54, 1.807) is 12.1 Å². The van der Waals surface area contributed by atoms with Crippen LogP contribution in [-0.4, -0.2) is 46.8 Å². The van der Waals surface area contributed by atoms with Gasteiger partial charge < -0.3 is 15.4 Å². The Hall–Kier alpha value is -1.60. The van der Waals surface area contributed by atoms with E-state index in [4.69, 9.17) is 4.74 Å². The fourth-order valence-corrected chi connectivity index (χ4v) is 3.35. The molecule has 1 aliphatic heterocycles. The van der Waals surface area contributed by atoms with Crippen LogP contribution in [0.4, 0.5) is 0 Å². The molecule has 1 amide bonds. The van der Waals surface area contributed by atoms with Crippen LogP contribution in [0.3, 0.4) is 0 Å². The third-order valence-electron chi connectivity index (χ3n) is 4.12. The maximum absolute atomic E-state index is 11.8. The molecule has 0 saturated carbocycles. The highest BCUT2D eigenvalue weighted by Crippen LogP contribution is 2.16. The van der Waals surface area contributed by atoms with E-state index in [9.17, 15) is 13.2 Å². The Morgan fingerprint density at radius 3 is 2.71 bits per heavy atom. The Kier molecular flexibility index (Phi) is 7.05. The summed E-state index contributed by atoms with van der Waals surface area (Å²) in [5, 5.41) is 6.29. The molecule has 0 bridgehead atoms. The van der Waals surface area contributed by atoms with E-state index in [0.717, 1.165) is 25.8 Å². The van der Waals surface area contributed by atoms with E-state index in [1.807, 2.05) is 0 Å². The second kappa shape index (κ2) is 9.03. The number of amides is 1. The lowest BCUT2D eigenvalue weighted by Gasteiger charge is -2.22. The summed E-state index contributed by atoms with van der Waals surface area (Å²) >= 11 is 0. The lowest BCUT2D eigenvalue weighted by atomic mass is 9.96. The van der Waals surface area contributed by atoms with Crippen LogP contribution in [0.5, 0.6) is 5.75 Å². The van der Waals surface area contributed by atoms with Crippen LogP contribution < -0.4 is 15.4 Å². The number of sulfone groups is 1. The number of hydrogen-bond donors (Lipinski definition) is 2. The zero-order valence-electron chi connectivity index (χ0n) is 14.1. The summed E-state index contributed by atoms with van der Waals surface area (Å²) in [6.45, 7) is 3.12. The summed E-state index contributed by atoms with van der Waals surface area (Å²) in [5.41, 5.74) is 0. The predicted molar refractivity (Wildman–Crippen MR) is 92.9 cm³/mol. The first-order chi connectivity index (χ1) is 11.4. The Labute approximate surface area is 143 Å². The minimum Gasteiger partial charge on any atom is -0.493 e. The van der Waals surface area contributed by atoms with Gasteiger partial charge in [0.1, 0.15) is 5.75 Å². The zero-order chi connectivity index (χ0) is 17.4. The molecule has 1 aromatic carbocycles. The molecule has 2 N–H and O–H groups in total. The van der Waals surface area contributed by atoms with Gasteiger partial charge in [-0.25, -0.2) is 8.42 Å². The van der Waals surface area contributed by atoms with Crippen LogP contribution in [0.15, 0.2) is 29.2 Å². The number of ether oxygens (including phenoxy) is 1. The normalized spacial score (nSPS) is 18.1. The van der Waals surface area contributed by atoms with Gasteiger partial charge in [-0.2, -0.15) is 0 Å². The average Bonchev–Trinajstić information content (AvgIpc) is 2.55. The molecule has 24 heavy (non-hydrogen) atoms. The minimum absolute atomic E-state index is 0.0217. The molecule has 1 saturated heterocycles. The van der Waals surface area contributed by atoms with E-state index < -0.39 is 9.84 Å². The Bertz CT molecular complexity index is 622. The molecule has 6 nitrogen and oxygen atoms in total. The van der Waals surface area contributed by atoms with Crippen molar-refractivity contribution < 1.29 is 17.9 Å². The summed E-state index contributed by atoms with van der Waals surface area (Å²) in [6.07, 6.45) is 4.90. The molecule has 0 aliphatic carbocycles. The highest BCUT2D eigenvalue weighted by molar-refractivity contribution is 7.90. The number of carbonyl (C=O) groups excluding carboxylic acids is 1. The SMILES string of the molecule is CS(=O)(=O)c1ccc(OCCC(=O)NCCC2CCCNC2)cc1. The molecule has 1 atom stereocenters. The number of carbonyl (C=O) groups is 1. The van der Waals surface area contributed by atoms with Gasteiger partial charge in [-0.3, -0.25) is 4.79 Å². The van der Waals surface area contributed by atoms with Crippen LogP contribution in [-0.2, 0) is 14.6 Å². The molecule has 2 rings (SSSR count). The zero-order valence-corrected chi connectivity index (χ0v) is 14.9. The van der Waals surface area contributed by atoms with E-state index in [2.05, 4.69) is 10.6 Å². The summed E-state index contributed by atoms with van der Waals surface area (Å²) in [5.74, 6) is 1.19. The van der Waals surface area contributed by atoms with Crippen LogP contribution >= 0.6 is 0 Å². The van der Waals surface area contributed by atoms with Gasteiger partial charge in [0, 0.05) is 12.8 Å². The maximum Gasteiger partial charge on any atom is 0.223 e. The maximum atomic E-state index is 11.8. The molecule has 1 aromatic rings. The third kappa shape index (κ3) is 6.49. The first kappa shape index (κ1) is 18.7. The molecule has 0 radical (unpaired) electrons. The molecular weight excluding hydrogens is 328 g/mol. The van der Waals surface area contributed by atoms with Gasteiger partial charge in [0.05, 0.1) is 17.9 Å². The van der Waals surface area contributed by atoms with Crippen molar-refractivity contribution in [1.29, 1.82) is 0 Å². The van der Waals surface area contributed by atoms with Gasteiger partial charge >= 0.3 is 0 Å². The van der Waals surface area contributed by atoms with Gasteiger partial charge in [0.25, 0.3) is 0 Å². The predicted octanol–water partition coefficient (Wildman–Crippen LogP) is 1.36. The monoisotopic (exact) mass is 354 g/mol.